The summed E-state index contributed by atoms with van der Waals surface area (Å²) in [5, 5.41) is 5.32. The molecule has 0 fully saturated rings. The molecule has 0 unspecified atom stereocenters. The Balaban J connectivity index is 1.49. The lowest BCUT2D eigenvalue weighted by Gasteiger charge is -2.09. The lowest BCUT2D eigenvalue weighted by atomic mass is 10.2. The number of aromatic nitrogens is 1. The molecule has 1 amide bonds. The van der Waals surface area contributed by atoms with E-state index in [1.54, 1.807) is 30.7 Å². The topological polar surface area (TPSA) is 86.8 Å². The molecule has 8 heteroatoms. The van der Waals surface area contributed by atoms with Crippen molar-refractivity contribution in [2.75, 3.05) is 19.0 Å². The third-order valence-electron chi connectivity index (χ3n) is 4.59. The third kappa shape index (κ3) is 7.18. The first kappa shape index (κ1) is 24.0. The Morgan fingerprint density at radius 2 is 1.97 bits per heavy atom. The number of carbonyl (C=O) groups is 2. The number of nitrogens with one attached hydrogen (secondary N) is 1. The number of anilines is 1. The number of benzene rings is 2. The number of hydrogen-bond acceptors (Lipinski definition) is 7. The molecule has 7 nitrogen and oxygen atoms in total. The first-order valence-electron chi connectivity index (χ1n) is 10.4. The van der Waals surface area contributed by atoms with Crippen LogP contribution in [0.15, 0.2) is 53.9 Å². The van der Waals surface area contributed by atoms with Crippen molar-refractivity contribution in [1.82, 2.24) is 4.98 Å². The molecule has 0 aliphatic rings. The van der Waals surface area contributed by atoms with Gasteiger partial charge in [-0.1, -0.05) is 24.3 Å². The normalized spacial score (nSPS) is 10.8. The molecule has 33 heavy (non-hydrogen) atoms. The minimum Gasteiger partial charge on any atom is -0.493 e. The van der Waals surface area contributed by atoms with E-state index in [4.69, 9.17) is 14.2 Å². The number of ether oxygens (including phenoxy) is 3. The highest BCUT2D eigenvalue weighted by atomic mass is 32.1. The quantitative estimate of drug-likeness (QED) is 0.341. The fourth-order valence-corrected chi connectivity index (χ4v) is 3.74. The average molecular weight is 467 g/mol. The van der Waals surface area contributed by atoms with Crippen molar-refractivity contribution in [1.29, 1.82) is 0 Å². The summed E-state index contributed by atoms with van der Waals surface area (Å²) < 4.78 is 16.1. The molecule has 2 aromatic carbocycles. The number of rotatable bonds is 10. The summed E-state index contributed by atoms with van der Waals surface area (Å²) in [7, 11) is 1.56. The summed E-state index contributed by atoms with van der Waals surface area (Å²) in [6.45, 7) is 4.40. The molecular weight excluding hydrogens is 440 g/mol. The van der Waals surface area contributed by atoms with E-state index in [0.29, 0.717) is 28.8 Å². The van der Waals surface area contributed by atoms with Gasteiger partial charge in [-0.25, -0.2) is 9.78 Å². The summed E-state index contributed by atoms with van der Waals surface area (Å²) in [5.74, 6) is 0.603. The van der Waals surface area contributed by atoms with Gasteiger partial charge in [-0.3, -0.25) is 4.79 Å². The van der Waals surface area contributed by atoms with E-state index in [2.05, 4.69) is 10.3 Å². The van der Waals surface area contributed by atoms with Crippen LogP contribution in [-0.2, 0) is 27.4 Å². The van der Waals surface area contributed by atoms with Crippen LogP contribution < -0.4 is 14.8 Å². The molecule has 172 valence electrons. The maximum atomic E-state index is 12.3. The molecule has 1 aromatic heterocycles. The number of para-hydroxylation sites is 1. The van der Waals surface area contributed by atoms with E-state index in [9.17, 15) is 9.59 Å². The number of thiazole rings is 1. The van der Waals surface area contributed by atoms with Crippen LogP contribution >= 0.6 is 11.3 Å². The largest absolute Gasteiger partial charge is 0.493 e. The number of methoxy groups -OCH3 is 1. The molecule has 0 saturated heterocycles. The fraction of sp³-hybridized carbons (Fsp3) is 0.240. The summed E-state index contributed by atoms with van der Waals surface area (Å²) in [5.41, 5.74) is 3.16. The van der Waals surface area contributed by atoms with E-state index in [1.807, 2.05) is 44.2 Å². The molecule has 0 atom stereocenters. The van der Waals surface area contributed by atoms with Gasteiger partial charge in [0.25, 0.3) is 0 Å². The number of hydrogen-bond donors (Lipinski definition) is 1. The van der Waals surface area contributed by atoms with Crippen LogP contribution in [0.1, 0.15) is 28.8 Å². The van der Waals surface area contributed by atoms with E-state index in [-0.39, 0.29) is 18.9 Å². The molecule has 0 aliphatic heterocycles. The molecule has 0 spiro atoms. The van der Waals surface area contributed by atoms with Crippen molar-refractivity contribution in [3.05, 3.63) is 75.7 Å². The zero-order valence-electron chi connectivity index (χ0n) is 18.8. The van der Waals surface area contributed by atoms with Crippen molar-refractivity contribution >= 4 is 35.0 Å². The van der Waals surface area contributed by atoms with Gasteiger partial charge in [-0.05, 0) is 49.2 Å². The standard InChI is InChI=1S/C25H26N2O5S/c1-4-31-21-11-9-18(13-22(21)30-3)10-12-25(29)32-15-19-16-33-24(26-19)14-23(28)27-20-8-6-5-7-17(20)2/h5-13,16H,4,14-15H2,1-3H3,(H,27,28)/b12-10+. The number of esters is 1. The zero-order chi connectivity index (χ0) is 23.6. The molecular formula is C25H26N2O5S. The summed E-state index contributed by atoms with van der Waals surface area (Å²) in [6, 6.07) is 13.0. The number of amides is 1. The van der Waals surface area contributed by atoms with Crippen molar-refractivity contribution in [2.45, 2.75) is 26.9 Å². The maximum absolute atomic E-state index is 12.3. The zero-order valence-corrected chi connectivity index (χ0v) is 19.6. The van der Waals surface area contributed by atoms with Crippen LogP contribution in [0.25, 0.3) is 6.08 Å². The van der Waals surface area contributed by atoms with Gasteiger partial charge in [0.2, 0.25) is 5.91 Å². The fourth-order valence-electron chi connectivity index (χ4n) is 2.96. The van der Waals surface area contributed by atoms with Crippen LogP contribution in [0.2, 0.25) is 0 Å². The SMILES string of the molecule is CCOc1ccc(/C=C/C(=O)OCc2csc(CC(=O)Nc3ccccc3C)n2)cc1OC. The Morgan fingerprint density at radius 1 is 1.15 bits per heavy atom. The minimum atomic E-state index is -0.491. The highest BCUT2D eigenvalue weighted by molar-refractivity contribution is 7.09. The first-order chi connectivity index (χ1) is 16.0. The Bertz CT molecular complexity index is 1140. The molecule has 1 heterocycles. The lowest BCUT2D eigenvalue weighted by molar-refractivity contribution is -0.139. The second-order valence-corrected chi connectivity index (χ2v) is 8.00. The highest BCUT2D eigenvalue weighted by Gasteiger charge is 2.11. The lowest BCUT2D eigenvalue weighted by Crippen LogP contribution is -2.15. The van der Waals surface area contributed by atoms with Crippen LogP contribution in [0.3, 0.4) is 0 Å². The molecule has 0 radical (unpaired) electrons. The van der Waals surface area contributed by atoms with Gasteiger partial charge in [0, 0.05) is 17.1 Å². The summed E-state index contributed by atoms with van der Waals surface area (Å²) in [6.07, 6.45) is 3.15. The van der Waals surface area contributed by atoms with Crippen molar-refractivity contribution < 1.29 is 23.8 Å². The predicted octanol–water partition coefficient (Wildman–Crippen LogP) is 4.80. The molecule has 0 saturated carbocycles. The molecule has 3 aromatic rings. The summed E-state index contributed by atoms with van der Waals surface area (Å²) in [4.78, 5) is 28.7. The molecule has 3 rings (SSSR count). The van der Waals surface area contributed by atoms with E-state index >= 15 is 0 Å². The second kappa shape index (κ2) is 11.8. The van der Waals surface area contributed by atoms with Crippen molar-refractivity contribution in [3.8, 4) is 11.5 Å². The van der Waals surface area contributed by atoms with Gasteiger partial charge in [0.15, 0.2) is 11.5 Å². The van der Waals surface area contributed by atoms with Crippen LogP contribution in [0.4, 0.5) is 5.69 Å². The highest BCUT2D eigenvalue weighted by Crippen LogP contribution is 2.28. The van der Waals surface area contributed by atoms with Crippen molar-refractivity contribution in [2.24, 2.45) is 0 Å². The van der Waals surface area contributed by atoms with Gasteiger partial charge in [0.05, 0.1) is 25.8 Å². The van der Waals surface area contributed by atoms with Gasteiger partial charge in [-0.15, -0.1) is 11.3 Å². The van der Waals surface area contributed by atoms with Crippen LogP contribution in [0, 0.1) is 6.92 Å². The van der Waals surface area contributed by atoms with Crippen LogP contribution in [-0.4, -0.2) is 30.6 Å². The molecule has 0 aliphatic carbocycles. The number of carbonyl (C=O) groups excluding carboxylic acids is 2. The average Bonchev–Trinajstić information content (AvgIpc) is 3.25. The Labute approximate surface area is 197 Å². The monoisotopic (exact) mass is 466 g/mol. The van der Waals surface area contributed by atoms with Gasteiger partial charge in [-0.2, -0.15) is 0 Å². The second-order valence-electron chi connectivity index (χ2n) is 7.06. The Hall–Kier alpha value is -3.65. The van der Waals surface area contributed by atoms with Crippen LogP contribution in [0.5, 0.6) is 11.5 Å². The number of nitrogens with zero attached hydrogens (tertiary/aromatic N) is 1. The molecule has 0 bridgehead atoms. The van der Waals surface area contributed by atoms with Gasteiger partial charge < -0.3 is 19.5 Å². The van der Waals surface area contributed by atoms with E-state index in [1.165, 1.54) is 17.4 Å². The Morgan fingerprint density at radius 3 is 2.73 bits per heavy atom. The van der Waals surface area contributed by atoms with E-state index < -0.39 is 5.97 Å². The van der Waals surface area contributed by atoms with Gasteiger partial charge in [0.1, 0.15) is 11.6 Å². The number of aryl methyl sites for hydroxylation is 1. The summed E-state index contributed by atoms with van der Waals surface area (Å²) >= 11 is 1.36. The Kier molecular flexibility index (Phi) is 8.60. The predicted molar refractivity (Wildman–Crippen MR) is 129 cm³/mol. The molecule has 1 N–H and O–H groups in total. The van der Waals surface area contributed by atoms with E-state index in [0.717, 1.165) is 16.8 Å². The minimum absolute atomic E-state index is 0.0334. The van der Waals surface area contributed by atoms with Gasteiger partial charge >= 0.3 is 5.97 Å². The first-order valence-corrected chi connectivity index (χ1v) is 11.3. The smallest absolute Gasteiger partial charge is 0.331 e. The van der Waals surface area contributed by atoms with Crippen molar-refractivity contribution in [3.63, 3.8) is 0 Å². The maximum Gasteiger partial charge on any atom is 0.331 e. The third-order valence-corrected chi connectivity index (χ3v) is 5.49.